The summed E-state index contributed by atoms with van der Waals surface area (Å²) in [5.41, 5.74) is 4.40. The van der Waals surface area contributed by atoms with Gasteiger partial charge in [0.15, 0.2) is 0 Å². The van der Waals surface area contributed by atoms with Gasteiger partial charge in [-0.15, -0.1) is 0 Å². The summed E-state index contributed by atoms with van der Waals surface area (Å²) in [5, 5.41) is 12.6. The number of aromatic carboxylic acids is 1. The summed E-state index contributed by atoms with van der Waals surface area (Å²) in [6, 6.07) is 11.3. The quantitative estimate of drug-likeness (QED) is 0.754. The molecule has 130 valence electrons. The van der Waals surface area contributed by atoms with Gasteiger partial charge >= 0.3 is 5.97 Å². The smallest absolute Gasteiger partial charge is 0.335 e. The van der Waals surface area contributed by atoms with Gasteiger partial charge in [0.1, 0.15) is 0 Å². The number of nitrogens with zero attached hydrogens (tertiary/aromatic N) is 3. The molecule has 6 nitrogen and oxygen atoms in total. The SMILES string of the molecule is O=C(O)c1ccc2c(c1)CC(Nc1nccc(-c3cccnc3)n1)CC2. The molecule has 1 unspecified atom stereocenters. The van der Waals surface area contributed by atoms with Gasteiger partial charge in [-0.25, -0.2) is 14.8 Å². The second-order valence-corrected chi connectivity index (χ2v) is 6.38. The predicted molar refractivity (Wildman–Crippen MR) is 98.1 cm³/mol. The van der Waals surface area contributed by atoms with Gasteiger partial charge in [0.25, 0.3) is 0 Å². The van der Waals surface area contributed by atoms with Crippen LogP contribution in [0.15, 0.2) is 55.0 Å². The molecule has 1 aromatic carbocycles. The summed E-state index contributed by atoms with van der Waals surface area (Å²) in [4.78, 5) is 24.2. The van der Waals surface area contributed by atoms with Gasteiger partial charge in [-0.05, 0) is 60.7 Å². The lowest BCUT2D eigenvalue weighted by Gasteiger charge is -2.26. The number of rotatable bonds is 4. The second-order valence-electron chi connectivity index (χ2n) is 6.38. The Morgan fingerprint density at radius 3 is 2.88 bits per heavy atom. The van der Waals surface area contributed by atoms with Crippen LogP contribution in [0.5, 0.6) is 0 Å². The summed E-state index contributed by atoms with van der Waals surface area (Å²) in [7, 11) is 0. The minimum Gasteiger partial charge on any atom is -0.478 e. The van der Waals surface area contributed by atoms with Crippen LogP contribution in [-0.4, -0.2) is 32.1 Å². The third kappa shape index (κ3) is 3.39. The molecule has 2 N–H and O–H groups in total. The van der Waals surface area contributed by atoms with Crippen molar-refractivity contribution in [2.75, 3.05) is 5.32 Å². The van der Waals surface area contributed by atoms with Crippen LogP contribution in [0.4, 0.5) is 5.95 Å². The highest BCUT2D eigenvalue weighted by Crippen LogP contribution is 2.25. The molecule has 0 bridgehead atoms. The molecule has 3 aromatic rings. The van der Waals surface area contributed by atoms with E-state index < -0.39 is 5.97 Å². The van der Waals surface area contributed by atoms with E-state index in [2.05, 4.69) is 20.3 Å². The van der Waals surface area contributed by atoms with E-state index in [1.807, 2.05) is 24.3 Å². The Balaban J connectivity index is 1.52. The van der Waals surface area contributed by atoms with E-state index in [0.29, 0.717) is 11.5 Å². The van der Waals surface area contributed by atoms with Crippen molar-refractivity contribution >= 4 is 11.9 Å². The molecule has 0 aliphatic heterocycles. The number of carboxylic acids is 1. The number of aryl methyl sites for hydroxylation is 1. The van der Waals surface area contributed by atoms with Crippen LogP contribution in [0.25, 0.3) is 11.3 Å². The lowest BCUT2D eigenvalue weighted by atomic mass is 9.87. The molecule has 0 spiro atoms. The average molecular weight is 346 g/mol. The number of anilines is 1. The normalized spacial score (nSPS) is 15.9. The molecular weight excluding hydrogens is 328 g/mol. The molecule has 0 fully saturated rings. The van der Waals surface area contributed by atoms with Crippen molar-refractivity contribution < 1.29 is 9.90 Å². The molecular formula is C20H18N4O2. The predicted octanol–water partition coefficient (Wildman–Crippen LogP) is 3.21. The maximum absolute atomic E-state index is 11.2. The number of carboxylic acid groups (broad SMARTS) is 1. The van der Waals surface area contributed by atoms with Crippen molar-refractivity contribution in [1.82, 2.24) is 15.0 Å². The number of aromatic nitrogens is 3. The minimum atomic E-state index is -0.893. The third-order valence-corrected chi connectivity index (χ3v) is 4.63. The van der Waals surface area contributed by atoms with E-state index in [4.69, 9.17) is 0 Å². The molecule has 6 heteroatoms. The molecule has 2 aromatic heterocycles. The monoisotopic (exact) mass is 346 g/mol. The molecule has 0 saturated carbocycles. The summed E-state index contributed by atoms with van der Waals surface area (Å²) < 4.78 is 0. The van der Waals surface area contributed by atoms with E-state index in [-0.39, 0.29) is 6.04 Å². The van der Waals surface area contributed by atoms with Crippen LogP contribution in [0.2, 0.25) is 0 Å². The first-order valence-corrected chi connectivity index (χ1v) is 8.54. The standard InChI is InChI=1S/C20H18N4O2/c25-19(26)14-4-3-13-5-6-17(11-16(13)10-14)23-20-22-9-7-18(24-20)15-2-1-8-21-12-15/h1-4,7-10,12,17H,5-6,11H2,(H,25,26)(H,22,23,24). The summed E-state index contributed by atoms with van der Waals surface area (Å²) >= 11 is 0. The topological polar surface area (TPSA) is 88.0 Å². The largest absolute Gasteiger partial charge is 0.478 e. The van der Waals surface area contributed by atoms with Crippen LogP contribution in [0.3, 0.4) is 0 Å². The number of benzene rings is 1. The van der Waals surface area contributed by atoms with Crippen molar-refractivity contribution in [2.24, 2.45) is 0 Å². The van der Waals surface area contributed by atoms with Crippen LogP contribution < -0.4 is 5.32 Å². The number of carbonyl (C=O) groups is 1. The van der Waals surface area contributed by atoms with Gasteiger partial charge in [0.2, 0.25) is 5.95 Å². The summed E-state index contributed by atoms with van der Waals surface area (Å²) in [5.74, 6) is -0.315. The number of pyridine rings is 1. The van der Waals surface area contributed by atoms with Crippen molar-refractivity contribution in [1.29, 1.82) is 0 Å². The van der Waals surface area contributed by atoms with Gasteiger partial charge in [-0.3, -0.25) is 4.98 Å². The average Bonchev–Trinajstić information content (AvgIpc) is 2.68. The Bertz CT molecular complexity index is 944. The second kappa shape index (κ2) is 6.92. The fourth-order valence-electron chi connectivity index (χ4n) is 3.30. The van der Waals surface area contributed by atoms with Gasteiger partial charge in [-0.1, -0.05) is 6.07 Å². The van der Waals surface area contributed by atoms with E-state index in [1.165, 1.54) is 5.56 Å². The van der Waals surface area contributed by atoms with Gasteiger partial charge < -0.3 is 10.4 Å². The van der Waals surface area contributed by atoms with Crippen LogP contribution in [0.1, 0.15) is 27.9 Å². The molecule has 0 saturated heterocycles. The van der Waals surface area contributed by atoms with Crippen molar-refractivity contribution in [3.63, 3.8) is 0 Å². The molecule has 1 atom stereocenters. The highest BCUT2D eigenvalue weighted by Gasteiger charge is 2.20. The Morgan fingerprint density at radius 1 is 1.15 bits per heavy atom. The Morgan fingerprint density at radius 2 is 2.08 bits per heavy atom. The zero-order valence-electron chi connectivity index (χ0n) is 14.1. The van der Waals surface area contributed by atoms with Crippen LogP contribution in [-0.2, 0) is 12.8 Å². The highest BCUT2D eigenvalue weighted by atomic mass is 16.4. The maximum Gasteiger partial charge on any atom is 0.335 e. The first-order chi connectivity index (χ1) is 12.7. The maximum atomic E-state index is 11.2. The van der Waals surface area contributed by atoms with Gasteiger partial charge in [-0.2, -0.15) is 0 Å². The van der Waals surface area contributed by atoms with Crippen molar-refractivity contribution in [3.05, 3.63) is 71.7 Å². The molecule has 0 amide bonds. The van der Waals surface area contributed by atoms with E-state index in [9.17, 15) is 9.90 Å². The first kappa shape index (κ1) is 16.2. The van der Waals surface area contributed by atoms with Crippen LogP contribution >= 0.6 is 0 Å². The lowest BCUT2D eigenvalue weighted by molar-refractivity contribution is 0.0696. The molecule has 26 heavy (non-hydrogen) atoms. The third-order valence-electron chi connectivity index (χ3n) is 4.63. The number of fused-ring (bicyclic) bond motifs is 1. The number of hydrogen-bond acceptors (Lipinski definition) is 5. The zero-order valence-corrected chi connectivity index (χ0v) is 14.1. The van der Waals surface area contributed by atoms with Crippen molar-refractivity contribution in [2.45, 2.75) is 25.3 Å². The number of hydrogen-bond donors (Lipinski definition) is 2. The fraction of sp³-hybridized carbons (Fsp3) is 0.200. The van der Waals surface area contributed by atoms with E-state index >= 15 is 0 Å². The highest BCUT2D eigenvalue weighted by molar-refractivity contribution is 5.88. The summed E-state index contributed by atoms with van der Waals surface area (Å²) in [6.07, 6.45) is 7.87. The first-order valence-electron chi connectivity index (χ1n) is 8.54. The molecule has 1 aliphatic rings. The minimum absolute atomic E-state index is 0.177. The Labute approximate surface area is 151 Å². The number of nitrogens with one attached hydrogen (secondary N) is 1. The fourth-order valence-corrected chi connectivity index (χ4v) is 3.30. The van der Waals surface area contributed by atoms with Crippen molar-refractivity contribution in [3.8, 4) is 11.3 Å². The van der Waals surface area contributed by atoms with E-state index in [0.717, 1.165) is 36.1 Å². The summed E-state index contributed by atoms with van der Waals surface area (Å²) in [6.45, 7) is 0. The molecule has 1 aliphatic carbocycles. The molecule has 4 rings (SSSR count). The Hall–Kier alpha value is -3.28. The van der Waals surface area contributed by atoms with E-state index in [1.54, 1.807) is 30.7 Å². The van der Waals surface area contributed by atoms with Crippen LogP contribution in [0, 0.1) is 0 Å². The Kier molecular flexibility index (Phi) is 4.31. The lowest BCUT2D eigenvalue weighted by Crippen LogP contribution is -2.28. The van der Waals surface area contributed by atoms with Gasteiger partial charge in [0, 0.05) is 30.2 Å². The zero-order chi connectivity index (χ0) is 17.9. The van der Waals surface area contributed by atoms with Gasteiger partial charge in [0.05, 0.1) is 11.3 Å². The molecule has 2 heterocycles. The molecule has 0 radical (unpaired) electrons.